The highest BCUT2D eigenvalue weighted by Gasteiger charge is 2.37. The van der Waals surface area contributed by atoms with Crippen molar-refractivity contribution >= 4 is 22.4 Å². The largest absolute Gasteiger partial charge is 0.367 e. The van der Waals surface area contributed by atoms with Crippen molar-refractivity contribution in [2.24, 2.45) is 0 Å². The van der Waals surface area contributed by atoms with Crippen molar-refractivity contribution in [2.45, 2.75) is 64.6 Å². The first-order chi connectivity index (χ1) is 11.7. The average molecular weight is 337 g/mol. The minimum Gasteiger partial charge on any atom is -0.367 e. The Morgan fingerprint density at radius 2 is 1.80 bits per heavy atom. The minimum atomic E-state index is 0.104. The van der Waals surface area contributed by atoms with Crippen LogP contribution < -0.4 is 10.6 Å². The molecule has 0 atom stereocenters. The highest BCUT2D eigenvalue weighted by atomic mass is 15.3. The van der Waals surface area contributed by atoms with Gasteiger partial charge < -0.3 is 10.6 Å². The summed E-state index contributed by atoms with van der Waals surface area (Å²) in [5, 5.41) is 13.2. The summed E-state index contributed by atoms with van der Waals surface area (Å²) in [5.41, 5.74) is 3.18. The Bertz CT molecular complexity index is 922. The Labute approximate surface area is 148 Å². The number of hydrogen-bond acceptors (Lipinski definition) is 4. The van der Waals surface area contributed by atoms with Gasteiger partial charge in [0.25, 0.3) is 0 Å². The fraction of sp³-hybridized carbons (Fsp3) is 0.500. The molecule has 132 valence electrons. The summed E-state index contributed by atoms with van der Waals surface area (Å²) in [6.45, 7) is 11.1. The zero-order valence-corrected chi connectivity index (χ0v) is 15.7. The lowest BCUT2D eigenvalue weighted by molar-refractivity contribution is 0.170. The van der Waals surface area contributed by atoms with Gasteiger partial charge in [0.1, 0.15) is 5.82 Å². The quantitative estimate of drug-likeness (QED) is 0.744. The summed E-state index contributed by atoms with van der Waals surface area (Å²) >= 11 is 0. The van der Waals surface area contributed by atoms with Crippen molar-refractivity contribution < 1.29 is 0 Å². The molecular formula is C20H27N5. The van der Waals surface area contributed by atoms with E-state index in [4.69, 9.17) is 4.98 Å². The molecule has 3 aromatic rings. The van der Waals surface area contributed by atoms with Crippen LogP contribution in [-0.2, 0) is 0 Å². The molecule has 5 heteroatoms. The summed E-state index contributed by atoms with van der Waals surface area (Å²) in [6.07, 6.45) is 2.13. The molecule has 1 aliphatic heterocycles. The number of hydrogen-bond donors (Lipinski definition) is 2. The van der Waals surface area contributed by atoms with Gasteiger partial charge in [-0.3, -0.25) is 0 Å². The van der Waals surface area contributed by atoms with E-state index in [1.807, 2.05) is 17.5 Å². The van der Waals surface area contributed by atoms with Crippen LogP contribution in [0.2, 0.25) is 0 Å². The molecule has 0 unspecified atom stereocenters. The van der Waals surface area contributed by atoms with Crippen LogP contribution in [0.5, 0.6) is 0 Å². The van der Waals surface area contributed by atoms with Gasteiger partial charge in [-0.1, -0.05) is 12.1 Å². The number of aryl methyl sites for hydroxylation is 1. The van der Waals surface area contributed by atoms with Gasteiger partial charge in [-0.15, -0.1) is 0 Å². The predicted octanol–water partition coefficient (Wildman–Crippen LogP) is 3.91. The highest BCUT2D eigenvalue weighted by molar-refractivity contribution is 5.91. The maximum Gasteiger partial charge on any atom is 0.158 e. The fourth-order valence-electron chi connectivity index (χ4n) is 4.50. The first kappa shape index (κ1) is 16.3. The number of rotatable bonds is 2. The zero-order valence-electron chi connectivity index (χ0n) is 15.7. The molecule has 0 saturated carbocycles. The Morgan fingerprint density at radius 1 is 1.12 bits per heavy atom. The van der Waals surface area contributed by atoms with Crippen LogP contribution in [0.4, 0.5) is 5.82 Å². The minimum absolute atomic E-state index is 0.104. The van der Waals surface area contributed by atoms with E-state index in [1.165, 1.54) is 0 Å². The van der Waals surface area contributed by atoms with Crippen molar-refractivity contribution in [3.05, 3.63) is 36.0 Å². The summed E-state index contributed by atoms with van der Waals surface area (Å²) in [6, 6.07) is 10.8. The van der Waals surface area contributed by atoms with Gasteiger partial charge in [0, 0.05) is 28.6 Å². The molecule has 4 rings (SSSR count). The van der Waals surface area contributed by atoms with E-state index in [0.29, 0.717) is 6.04 Å². The molecule has 0 aliphatic carbocycles. The number of benzene rings is 1. The van der Waals surface area contributed by atoms with Crippen molar-refractivity contribution in [2.75, 3.05) is 5.32 Å². The summed E-state index contributed by atoms with van der Waals surface area (Å²) in [7, 11) is 0. The van der Waals surface area contributed by atoms with E-state index in [1.54, 1.807) is 0 Å². The summed E-state index contributed by atoms with van der Waals surface area (Å²) in [5.74, 6) is 0.960. The summed E-state index contributed by atoms with van der Waals surface area (Å²) < 4.78 is 1.94. The van der Waals surface area contributed by atoms with Crippen LogP contribution in [0.25, 0.3) is 16.6 Å². The van der Waals surface area contributed by atoms with Gasteiger partial charge in [-0.2, -0.15) is 5.10 Å². The van der Waals surface area contributed by atoms with Crippen molar-refractivity contribution in [3.63, 3.8) is 0 Å². The molecule has 3 heterocycles. The molecule has 1 fully saturated rings. The number of piperidine rings is 1. The number of nitrogens with zero attached hydrogens (tertiary/aromatic N) is 3. The second-order valence-electron chi connectivity index (χ2n) is 8.68. The Balaban J connectivity index is 1.78. The Hall–Kier alpha value is -2.14. The topological polar surface area (TPSA) is 54.2 Å². The molecule has 25 heavy (non-hydrogen) atoms. The third-order valence-electron chi connectivity index (χ3n) is 4.96. The lowest BCUT2D eigenvalue weighted by atomic mass is 9.79. The molecule has 1 saturated heterocycles. The molecule has 0 amide bonds. The molecule has 1 aliphatic rings. The van der Waals surface area contributed by atoms with Crippen LogP contribution >= 0.6 is 0 Å². The first-order valence-corrected chi connectivity index (χ1v) is 9.04. The van der Waals surface area contributed by atoms with Crippen molar-refractivity contribution in [3.8, 4) is 0 Å². The maximum atomic E-state index is 4.88. The van der Waals surface area contributed by atoms with Crippen LogP contribution in [0, 0.1) is 6.92 Å². The van der Waals surface area contributed by atoms with Crippen LogP contribution in [0.1, 0.15) is 46.2 Å². The molecule has 0 bridgehead atoms. The number of nitrogens with one attached hydrogen (secondary N) is 2. The molecule has 0 spiro atoms. The van der Waals surface area contributed by atoms with Gasteiger partial charge in [0.05, 0.1) is 11.2 Å². The fourth-order valence-corrected chi connectivity index (χ4v) is 4.50. The molecule has 5 nitrogen and oxygen atoms in total. The first-order valence-electron chi connectivity index (χ1n) is 9.04. The van der Waals surface area contributed by atoms with Gasteiger partial charge in [0.15, 0.2) is 5.65 Å². The molecule has 2 N–H and O–H groups in total. The van der Waals surface area contributed by atoms with E-state index < -0.39 is 0 Å². The van der Waals surface area contributed by atoms with E-state index in [9.17, 15) is 0 Å². The number of para-hydroxylation sites is 1. The monoisotopic (exact) mass is 337 g/mol. The lowest BCUT2D eigenvalue weighted by Gasteiger charge is -2.46. The van der Waals surface area contributed by atoms with E-state index in [0.717, 1.165) is 40.9 Å². The molecular weight excluding hydrogens is 310 g/mol. The normalized spacial score (nSPS) is 20.2. The van der Waals surface area contributed by atoms with Crippen molar-refractivity contribution in [1.82, 2.24) is 19.9 Å². The van der Waals surface area contributed by atoms with E-state index in [-0.39, 0.29) is 11.1 Å². The molecule has 1 aromatic carbocycles. The van der Waals surface area contributed by atoms with Gasteiger partial charge in [0.2, 0.25) is 0 Å². The molecule has 2 aromatic heterocycles. The predicted molar refractivity (Wildman–Crippen MR) is 103 cm³/mol. The average Bonchev–Trinajstić information content (AvgIpc) is 2.84. The maximum absolute atomic E-state index is 4.88. The van der Waals surface area contributed by atoms with Crippen LogP contribution in [-0.4, -0.2) is 31.7 Å². The van der Waals surface area contributed by atoms with Crippen molar-refractivity contribution in [1.29, 1.82) is 0 Å². The SMILES string of the molecule is Cc1cc2nc(NC3CC(C)(C)NC(C)(C)C3)c3ccccc3n2n1. The lowest BCUT2D eigenvalue weighted by Crippen LogP contribution is -2.60. The zero-order chi connectivity index (χ0) is 17.8. The second kappa shape index (κ2) is 5.43. The second-order valence-corrected chi connectivity index (χ2v) is 8.68. The highest BCUT2D eigenvalue weighted by Crippen LogP contribution is 2.32. The van der Waals surface area contributed by atoms with Crippen LogP contribution in [0.15, 0.2) is 30.3 Å². The molecule has 0 radical (unpaired) electrons. The number of aromatic nitrogens is 3. The van der Waals surface area contributed by atoms with Gasteiger partial charge >= 0.3 is 0 Å². The third kappa shape index (κ3) is 3.09. The smallest absolute Gasteiger partial charge is 0.158 e. The number of anilines is 1. The van der Waals surface area contributed by atoms with Gasteiger partial charge in [-0.25, -0.2) is 9.50 Å². The standard InChI is InChI=1S/C20H27N5/c1-13-10-17-22-18(15-8-6-7-9-16(15)25(17)23-13)21-14-11-19(2,3)24-20(4,5)12-14/h6-10,14,24H,11-12H2,1-5H3,(H,21,22). The van der Waals surface area contributed by atoms with Gasteiger partial charge in [-0.05, 0) is 59.6 Å². The van der Waals surface area contributed by atoms with E-state index >= 15 is 0 Å². The number of fused-ring (bicyclic) bond motifs is 3. The summed E-state index contributed by atoms with van der Waals surface area (Å²) in [4.78, 5) is 4.88. The van der Waals surface area contributed by atoms with E-state index in [2.05, 4.69) is 67.7 Å². The van der Waals surface area contributed by atoms with Crippen LogP contribution in [0.3, 0.4) is 0 Å². The Kier molecular flexibility index (Phi) is 3.55. The Morgan fingerprint density at radius 3 is 2.52 bits per heavy atom. The third-order valence-corrected chi connectivity index (χ3v) is 4.96.